The zero-order valence-electron chi connectivity index (χ0n) is 14.2. The van der Waals surface area contributed by atoms with Crippen molar-refractivity contribution in [2.24, 2.45) is 5.92 Å². The minimum absolute atomic E-state index is 0.123. The Kier molecular flexibility index (Phi) is 5.08. The summed E-state index contributed by atoms with van der Waals surface area (Å²) in [5.41, 5.74) is 2.85. The minimum atomic E-state index is -0.123. The van der Waals surface area contributed by atoms with Gasteiger partial charge in [-0.05, 0) is 23.5 Å². The van der Waals surface area contributed by atoms with Gasteiger partial charge in [0.1, 0.15) is 6.10 Å². The average Bonchev–Trinajstić information content (AvgIpc) is 2.96. The van der Waals surface area contributed by atoms with E-state index in [9.17, 15) is 0 Å². The molecule has 1 unspecified atom stereocenters. The van der Waals surface area contributed by atoms with E-state index in [4.69, 9.17) is 9.15 Å². The quantitative estimate of drug-likeness (QED) is 0.848. The second kappa shape index (κ2) is 7.23. The summed E-state index contributed by atoms with van der Waals surface area (Å²) < 4.78 is 11.3. The molecule has 0 spiro atoms. The van der Waals surface area contributed by atoms with Crippen LogP contribution in [0.4, 0.5) is 0 Å². The van der Waals surface area contributed by atoms with E-state index in [1.807, 2.05) is 0 Å². The third-order valence-electron chi connectivity index (χ3n) is 4.11. The lowest BCUT2D eigenvalue weighted by Gasteiger charge is -2.31. The van der Waals surface area contributed by atoms with Gasteiger partial charge in [-0.2, -0.15) is 0 Å². The summed E-state index contributed by atoms with van der Waals surface area (Å²) in [6, 6.07) is 8.73. The third kappa shape index (κ3) is 4.18. The standard InChI is InChI=1S/C18H25N3O2/c1-13(2)10-15-6-4-5-7-16(15)11-21-8-9-22-17(12-21)18-20-19-14(3)23-18/h4-7,13,17H,8-12H2,1-3H3. The summed E-state index contributed by atoms with van der Waals surface area (Å²) in [7, 11) is 0. The Hall–Kier alpha value is -1.72. The number of nitrogens with zero attached hydrogens (tertiary/aromatic N) is 3. The topological polar surface area (TPSA) is 51.4 Å². The molecule has 5 nitrogen and oxygen atoms in total. The lowest BCUT2D eigenvalue weighted by molar-refractivity contribution is -0.0457. The van der Waals surface area contributed by atoms with Gasteiger partial charge in [-0.15, -0.1) is 10.2 Å². The van der Waals surface area contributed by atoms with Gasteiger partial charge in [0.25, 0.3) is 0 Å². The molecule has 0 amide bonds. The molecule has 3 rings (SSSR count). The molecule has 1 aromatic heterocycles. The lowest BCUT2D eigenvalue weighted by atomic mass is 9.97. The molecule has 5 heteroatoms. The van der Waals surface area contributed by atoms with Crippen molar-refractivity contribution in [3.63, 3.8) is 0 Å². The normalized spacial score (nSPS) is 19.4. The fourth-order valence-electron chi connectivity index (χ4n) is 3.03. The van der Waals surface area contributed by atoms with Gasteiger partial charge in [0.2, 0.25) is 11.8 Å². The number of aromatic nitrogens is 2. The maximum atomic E-state index is 5.80. The molecule has 1 atom stereocenters. The molecule has 0 N–H and O–H groups in total. The van der Waals surface area contributed by atoms with E-state index in [1.165, 1.54) is 11.1 Å². The number of morpholine rings is 1. The molecule has 1 saturated heterocycles. The van der Waals surface area contributed by atoms with E-state index in [-0.39, 0.29) is 6.10 Å². The minimum Gasteiger partial charge on any atom is -0.423 e. The van der Waals surface area contributed by atoms with Crippen LogP contribution in [0, 0.1) is 12.8 Å². The third-order valence-corrected chi connectivity index (χ3v) is 4.11. The fraction of sp³-hybridized carbons (Fsp3) is 0.556. The molecule has 2 aromatic rings. The first-order valence-corrected chi connectivity index (χ1v) is 8.32. The highest BCUT2D eigenvalue weighted by atomic mass is 16.5. The van der Waals surface area contributed by atoms with Gasteiger partial charge in [-0.1, -0.05) is 38.1 Å². The maximum absolute atomic E-state index is 5.80. The highest BCUT2D eigenvalue weighted by molar-refractivity contribution is 5.27. The first kappa shape index (κ1) is 16.1. The molecule has 1 aromatic carbocycles. The monoisotopic (exact) mass is 315 g/mol. The summed E-state index contributed by atoms with van der Waals surface area (Å²) in [5.74, 6) is 1.83. The Morgan fingerprint density at radius 3 is 2.70 bits per heavy atom. The summed E-state index contributed by atoms with van der Waals surface area (Å²) in [6.45, 7) is 9.68. The summed E-state index contributed by atoms with van der Waals surface area (Å²) in [6.07, 6.45) is 0.995. The van der Waals surface area contributed by atoms with Gasteiger partial charge < -0.3 is 9.15 Å². The lowest BCUT2D eigenvalue weighted by Crippen LogP contribution is -2.38. The average molecular weight is 315 g/mol. The van der Waals surface area contributed by atoms with Crippen LogP contribution in [-0.2, 0) is 17.7 Å². The van der Waals surface area contributed by atoms with E-state index in [1.54, 1.807) is 6.92 Å². The van der Waals surface area contributed by atoms with E-state index >= 15 is 0 Å². The zero-order chi connectivity index (χ0) is 16.2. The van der Waals surface area contributed by atoms with Crippen LogP contribution in [-0.4, -0.2) is 34.8 Å². The van der Waals surface area contributed by atoms with Crippen molar-refractivity contribution >= 4 is 0 Å². The fourth-order valence-corrected chi connectivity index (χ4v) is 3.03. The second-order valence-corrected chi connectivity index (χ2v) is 6.62. The smallest absolute Gasteiger partial charge is 0.246 e. The van der Waals surface area contributed by atoms with Gasteiger partial charge in [-0.25, -0.2) is 0 Å². The Balaban J connectivity index is 1.68. The molecule has 0 aliphatic carbocycles. The molecule has 0 radical (unpaired) electrons. The predicted molar refractivity (Wildman–Crippen MR) is 88.0 cm³/mol. The first-order chi connectivity index (χ1) is 11.1. The van der Waals surface area contributed by atoms with Gasteiger partial charge in [0.15, 0.2) is 0 Å². The molecule has 2 heterocycles. The van der Waals surface area contributed by atoms with Crippen LogP contribution in [0.5, 0.6) is 0 Å². The van der Waals surface area contributed by atoms with Crippen molar-refractivity contribution in [3.8, 4) is 0 Å². The van der Waals surface area contributed by atoms with Gasteiger partial charge in [0.05, 0.1) is 6.61 Å². The van der Waals surface area contributed by atoms with Gasteiger partial charge in [-0.3, -0.25) is 4.90 Å². The zero-order valence-corrected chi connectivity index (χ0v) is 14.2. The molecule has 1 aliphatic rings. The molecule has 0 saturated carbocycles. The molecule has 1 aliphatic heterocycles. The Morgan fingerprint density at radius 2 is 2.00 bits per heavy atom. The number of rotatable bonds is 5. The van der Waals surface area contributed by atoms with Crippen LogP contribution in [0.3, 0.4) is 0 Å². The van der Waals surface area contributed by atoms with Crippen LogP contribution in [0.15, 0.2) is 28.7 Å². The van der Waals surface area contributed by atoms with Crippen LogP contribution in [0.25, 0.3) is 0 Å². The molecular weight excluding hydrogens is 290 g/mol. The number of hydrogen-bond acceptors (Lipinski definition) is 5. The number of hydrogen-bond donors (Lipinski definition) is 0. The van der Waals surface area contributed by atoms with Crippen molar-refractivity contribution in [2.45, 2.75) is 39.8 Å². The molecule has 1 fully saturated rings. The van der Waals surface area contributed by atoms with E-state index in [0.717, 1.165) is 26.1 Å². The Morgan fingerprint density at radius 1 is 1.22 bits per heavy atom. The molecule has 23 heavy (non-hydrogen) atoms. The Bertz CT molecular complexity index is 639. The highest BCUT2D eigenvalue weighted by Crippen LogP contribution is 2.23. The van der Waals surface area contributed by atoms with Gasteiger partial charge in [0, 0.05) is 26.6 Å². The van der Waals surface area contributed by atoms with Crippen LogP contribution in [0.2, 0.25) is 0 Å². The van der Waals surface area contributed by atoms with Crippen molar-refractivity contribution in [3.05, 3.63) is 47.2 Å². The summed E-state index contributed by atoms with van der Waals surface area (Å²) in [5, 5.41) is 8.00. The number of aryl methyl sites for hydroxylation is 1. The van der Waals surface area contributed by atoms with E-state index in [0.29, 0.717) is 24.3 Å². The van der Waals surface area contributed by atoms with Crippen LogP contribution >= 0.6 is 0 Å². The first-order valence-electron chi connectivity index (χ1n) is 8.32. The Labute approximate surface area is 137 Å². The van der Waals surface area contributed by atoms with E-state index < -0.39 is 0 Å². The van der Waals surface area contributed by atoms with E-state index in [2.05, 4.69) is 53.2 Å². The maximum Gasteiger partial charge on any atom is 0.246 e. The van der Waals surface area contributed by atoms with Crippen LogP contribution < -0.4 is 0 Å². The number of benzene rings is 1. The molecule has 124 valence electrons. The molecule has 0 bridgehead atoms. The SMILES string of the molecule is Cc1nnc(C2CN(Cc3ccccc3CC(C)C)CCO2)o1. The second-order valence-electron chi connectivity index (χ2n) is 6.62. The van der Waals surface area contributed by atoms with Crippen molar-refractivity contribution in [2.75, 3.05) is 19.7 Å². The number of ether oxygens (including phenoxy) is 1. The van der Waals surface area contributed by atoms with Gasteiger partial charge >= 0.3 is 0 Å². The highest BCUT2D eigenvalue weighted by Gasteiger charge is 2.26. The summed E-state index contributed by atoms with van der Waals surface area (Å²) in [4.78, 5) is 2.41. The van der Waals surface area contributed by atoms with Crippen molar-refractivity contribution in [1.29, 1.82) is 0 Å². The largest absolute Gasteiger partial charge is 0.423 e. The van der Waals surface area contributed by atoms with Crippen LogP contribution in [0.1, 0.15) is 42.9 Å². The predicted octanol–water partition coefficient (Wildman–Crippen LogP) is 3.15. The molecular formula is C18H25N3O2. The van der Waals surface area contributed by atoms with Crippen molar-refractivity contribution < 1.29 is 9.15 Å². The van der Waals surface area contributed by atoms with Crippen molar-refractivity contribution in [1.82, 2.24) is 15.1 Å². The summed E-state index contributed by atoms with van der Waals surface area (Å²) >= 11 is 0.